The Kier molecular flexibility index (Phi) is 2.88. The van der Waals surface area contributed by atoms with Gasteiger partial charge in [0.25, 0.3) is 6.43 Å². The number of hydrogen-bond acceptors (Lipinski definition) is 3. The maximum atomic E-state index is 12.3. The summed E-state index contributed by atoms with van der Waals surface area (Å²) in [4.78, 5) is 3.64. The van der Waals surface area contributed by atoms with Gasteiger partial charge in [0.2, 0.25) is 0 Å². The topological polar surface area (TPSA) is 62.7 Å². The van der Waals surface area contributed by atoms with Gasteiger partial charge in [-0.05, 0) is 6.07 Å². The van der Waals surface area contributed by atoms with Crippen LogP contribution in [0.5, 0.6) is 0 Å². The lowest BCUT2D eigenvalue weighted by atomic mass is 10.1. The van der Waals surface area contributed by atoms with Gasteiger partial charge in [-0.2, -0.15) is 5.26 Å². The lowest BCUT2D eigenvalue weighted by molar-refractivity contribution is 0.150. The molecule has 1 aromatic heterocycles. The molecule has 2 N–H and O–H groups in total. The Morgan fingerprint density at radius 2 is 2.31 bits per heavy atom. The predicted molar refractivity (Wildman–Crippen MR) is 41.8 cm³/mol. The van der Waals surface area contributed by atoms with E-state index in [1.54, 1.807) is 6.07 Å². The zero-order chi connectivity index (χ0) is 9.84. The summed E-state index contributed by atoms with van der Waals surface area (Å²) in [5.41, 5.74) is 5.12. The molecule has 0 unspecified atom stereocenters. The van der Waals surface area contributed by atoms with E-state index >= 15 is 0 Å². The lowest BCUT2D eigenvalue weighted by Crippen LogP contribution is -2.06. The normalized spacial score (nSPS) is 10.1. The molecule has 1 rings (SSSR count). The highest BCUT2D eigenvalue weighted by atomic mass is 19.3. The molecule has 3 nitrogen and oxygen atoms in total. The van der Waals surface area contributed by atoms with Gasteiger partial charge in [-0.3, -0.25) is 0 Å². The average Bonchev–Trinajstić information content (AvgIpc) is 2.16. The van der Waals surface area contributed by atoms with Crippen molar-refractivity contribution in [2.75, 3.05) is 0 Å². The molecule has 0 aliphatic rings. The molecule has 0 aliphatic carbocycles. The standard InChI is InChI=1S/C8H7F2N3/c9-8(10)5-1-2-13-7(4-12)6(5)3-11/h1-2,8H,3,11H2. The first-order valence-electron chi connectivity index (χ1n) is 3.56. The van der Waals surface area contributed by atoms with Gasteiger partial charge in [-0.1, -0.05) is 0 Å². The average molecular weight is 183 g/mol. The van der Waals surface area contributed by atoms with Crippen LogP contribution in [-0.4, -0.2) is 4.98 Å². The SMILES string of the molecule is N#Cc1nccc(C(F)F)c1CN. The molecule has 1 heterocycles. The number of halogens is 2. The number of alkyl halides is 2. The van der Waals surface area contributed by atoms with Crippen molar-refractivity contribution in [3.05, 3.63) is 29.1 Å². The molecular formula is C8H7F2N3. The van der Waals surface area contributed by atoms with Crippen LogP contribution in [0.4, 0.5) is 8.78 Å². The number of pyridine rings is 1. The molecule has 1 aromatic rings. The first-order valence-corrected chi connectivity index (χ1v) is 3.56. The fourth-order valence-corrected chi connectivity index (χ4v) is 1.02. The van der Waals surface area contributed by atoms with Crippen molar-refractivity contribution in [2.45, 2.75) is 13.0 Å². The van der Waals surface area contributed by atoms with Crippen LogP contribution >= 0.6 is 0 Å². The Hall–Kier alpha value is -1.54. The summed E-state index contributed by atoms with van der Waals surface area (Å²) in [7, 11) is 0. The third-order valence-electron chi connectivity index (χ3n) is 1.64. The summed E-state index contributed by atoms with van der Waals surface area (Å²) < 4.78 is 24.7. The molecule has 0 saturated heterocycles. The highest BCUT2D eigenvalue weighted by molar-refractivity contribution is 5.37. The van der Waals surface area contributed by atoms with E-state index in [0.29, 0.717) is 0 Å². The summed E-state index contributed by atoms with van der Waals surface area (Å²) in [6, 6.07) is 2.89. The molecule has 0 radical (unpaired) electrons. The zero-order valence-electron chi connectivity index (χ0n) is 6.67. The second-order valence-corrected chi connectivity index (χ2v) is 2.34. The van der Waals surface area contributed by atoms with E-state index in [4.69, 9.17) is 11.0 Å². The van der Waals surface area contributed by atoms with Gasteiger partial charge in [-0.15, -0.1) is 0 Å². The van der Waals surface area contributed by atoms with Gasteiger partial charge < -0.3 is 5.73 Å². The van der Waals surface area contributed by atoms with Crippen LogP contribution in [-0.2, 0) is 6.54 Å². The van der Waals surface area contributed by atoms with Crippen molar-refractivity contribution >= 4 is 0 Å². The quantitative estimate of drug-likeness (QED) is 0.752. The van der Waals surface area contributed by atoms with E-state index in [2.05, 4.69) is 4.98 Å². The van der Waals surface area contributed by atoms with E-state index < -0.39 is 6.43 Å². The molecule has 0 aliphatic heterocycles. The minimum Gasteiger partial charge on any atom is -0.326 e. The van der Waals surface area contributed by atoms with Gasteiger partial charge in [-0.25, -0.2) is 13.8 Å². The molecule has 0 spiro atoms. The monoisotopic (exact) mass is 183 g/mol. The number of rotatable bonds is 2. The molecule has 0 atom stereocenters. The van der Waals surface area contributed by atoms with Crippen molar-refractivity contribution in [1.82, 2.24) is 4.98 Å². The van der Waals surface area contributed by atoms with Crippen LogP contribution in [0.1, 0.15) is 23.2 Å². The fraction of sp³-hybridized carbons (Fsp3) is 0.250. The molecule has 0 fully saturated rings. The molecule has 5 heteroatoms. The highest BCUT2D eigenvalue weighted by Gasteiger charge is 2.15. The molecule has 0 amide bonds. The first kappa shape index (κ1) is 9.55. The Morgan fingerprint density at radius 3 is 2.77 bits per heavy atom. The van der Waals surface area contributed by atoms with Crippen molar-refractivity contribution in [3.63, 3.8) is 0 Å². The minimum atomic E-state index is -2.62. The lowest BCUT2D eigenvalue weighted by Gasteiger charge is -2.06. The summed E-state index contributed by atoms with van der Waals surface area (Å²) >= 11 is 0. The summed E-state index contributed by atoms with van der Waals surface area (Å²) in [6.45, 7) is -0.101. The Bertz CT molecular complexity index is 344. The minimum absolute atomic E-state index is 0.0275. The summed E-state index contributed by atoms with van der Waals surface area (Å²) in [5.74, 6) is 0. The number of aromatic nitrogens is 1. The van der Waals surface area contributed by atoms with Crippen LogP contribution in [0.15, 0.2) is 12.3 Å². The van der Waals surface area contributed by atoms with Gasteiger partial charge in [0.1, 0.15) is 11.8 Å². The van der Waals surface area contributed by atoms with E-state index in [0.717, 1.165) is 0 Å². The number of nitrogens with zero attached hydrogens (tertiary/aromatic N) is 2. The van der Waals surface area contributed by atoms with E-state index in [1.807, 2.05) is 0 Å². The van der Waals surface area contributed by atoms with E-state index in [9.17, 15) is 8.78 Å². The van der Waals surface area contributed by atoms with Gasteiger partial charge in [0.15, 0.2) is 0 Å². The van der Waals surface area contributed by atoms with Crippen LogP contribution in [0.3, 0.4) is 0 Å². The molecule has 68 valence electrons. The van der Waals surface area contributed by atoms with Crippen LogP contribution < -0.4 is 5.73 Å². The number of hydrogen-bond donors (Lipinski definition) is 1. The van der Waals surface area contributed by atoms with Gasteiger partial charge in [0.05, 0.1) is 0 Å². The molecule has 0 aromatic carbocycles. The Labute approximate surface area is 73.8 Å². The van der Waals surface area contributed by atoms with Crippen LogP contribution in [0, 0.1) is 11.3 Å². The van der Waals surface area contributed by atoms with Crippen molar-refractivity contribution in [2.24, 2.45) is 5.73 Å². The fourth-order valence-electron chi connectivity index (χ4n) is 1.02. The third-order valence-corrected chi connectivity index (χ3v) is 1.64. The van der Waals surface area contributed by atoms with Crippen molar-refractivity contribution in [3.8, 4) is 6.07 Å². The van der Waals surface area contributed by atoms with Crippen molar-refractivity contribution in [1.29, 1.82) is 5.26 Å². The second-order valence-electron chi connectivity index (χ2n) is 2.34. The van der Waals surface area contributed by atoms with Gasteiger partial charge in [0, 0.05) is 23.9 Å². The largest absolute Gasteiger partial charge is 0.326 e. The smallest absolute Gasteiger partial charge is 0.264 e. The first-order chi connectivity index (χ1) is 6.20. The molecule has 0 saturated carbocycles. The highest BCUT2D eigenvalue weighted by Crippen LogP contribution is 2.23. The Morgan fingerprint density at radius 1 is 1.62 bits per heavy atom. The predicted octanol–water partition coefficient (Wildman–Crippen LogP) is 1.35. The molecule has 13 heavy (non-hydrogen) atoms. The van der Waals surface area contributed by atoms with Crippen LogP contribution in [0.2, 0.25) is 0 Å². The summed E-state index contributed by atoms with van der Waals surface area (Å²) in [6.07, 6.45) is -1.44. The second kappa shape index (κ2) is 3.92. The van der Waals surface area contributed by atoms with Gasteiger partial charge >= 0.3 is 0 Å². The molecular weight excluding hydrogens is 176 g/mol. The van der Waals surface area contributed by atoms with E-state index in [1.165, 1.54) is 12.3 Å². The maximum Gasteiger partial charge on any atom is 0.264 e. The third kappa shape index (κ3) is 1.79. The zero-order valence-corrected chi connectivity index (χ0v) is 6.67. The summed E-state index contributed by atoms with van der Waals surface area (Å²) in [5, 5.41) is 8.54. The maximum absolute atomic E-state index is 12.3. The molecule has 0 bridgehead atoms. The van der Waals surface area contributed by atoms with E-state index in [-0.39, 0.29) is 23.4 Å². The number of nitrogens with two attached hydrogens (primary N) is 1. The Balaban J connectivity index is 3.29. The number of nitriles is 1. The van der Waals surface area contributed by atoms with Crippen molar-refractivity contribution < 1.29 is 8.78 Å². The van der Waals surface area contributed by atoms with Crippen LogP contribution in [0.25, 0.3) is 0 Å².